The maximum absolute atomic E-state index is 12.6. The monoisotopic (exact) mass is 357 g/mol. The number of para-hydroxylation sites is 2. The lowest BCUT2D eigenvalue weighted by Gasteiger charge is -2.14. The number of aromatic carboxylic acids is 1. The number of carbonyl (C=O) groups is 4. The van der Waals surface area contributed by atoms with Gasteiger partial charge in [0.05, 0.1) is 16.8 Å². The maximum Gasteiger partial charge on any atom is 0.337 e. The molecule has 2 N–H and O–H groups in total. The molecule has 1 amide bonds. The lowest BCUT2D eigenvalue weighted by Crippen LogP contribution is -2.18. The van der Waals surface area contributed by atoms with Gasteiger partial charge in [0.1, 0.15) is 0 Å². The average molecular weight is 357 g/mol. The number of hydrogen-bond acceptors (Lipinski definition) is 6. The summed E-state index contributed by atoms with van der Waals surface area (Å²) in [5.74, 6) is -3.66. The van der Waals surface area contributed by atoms with Crippen molar-refractivity contribution in [2.24, 2.45) is 0 Å². The van der Waals surface area contributed by atoms with Gasteiger partial charge in [-0.05, 0) is 24.3 Å². The zero-order valence-electron chi connectivity index (χ0n) is 13.9. The van der Waals surface area contributed by atoms with Crippen LogP contribution in [0.15, 0.2) is 42.5 Å². The first-order valence-corrected chi connectivity index (χ1v) is 7.43. The number of carboxylic acids is 1. The van der Waals surface area contributed by atoms with E-state index in [-0.39, 0.29) is 28.3 Å². The molecule has 2 rings (SSSR count). The molecule has 0 saturated carbocycles. The first-order chi connectivity index (χ1) is 12.3. The standard InChI is InChI=1S/C18H15NO7/c1-10(20)25-15-9-5-7-13(16(15)26-11(2)21)17(22)19-14-8-4-3-6-12(14)18(23)24/h3-9H,1-2H3,(H,19,22)(H,23,24). The van der Waals surface area contributed by atoms with Crippen LogP contribution in [0.1, 0.15) is 34.6 Å². The summed E-state index contributed by atoms with van der Waals surface area (Å²) in [5, 5.41) is 11.6. The van der Waals surface area contributed by atoms with Crippen LogP contribution in [0.3, 0.4) is 0 Å². The van der Waals surface area contributed by atoms with Gasteiger partial charge in [-0.15, -0.1) is 0 Å². The summed E-state index contributed by atoms with van der Waals surface area (Å²) < 4.78 is 9.98. The van der Waals surface area contributed by atoms with E-state index in [1.54, 1.807) is 6.07 Å². The molecule has 0 fully saturated rings. The number of carboxylic acid groups (broad SMARTS) is 1. The number of amides is 1. The van der Waals surface area contributed by atoms with E-state index in [0.717, 1.165) is 13.8 Å². The van der Waals surface area contributed by atoms with E-state index < -0.39 is 23.8 Å². The zero-order chi connectivity index (χ0) is 19.3. The predicted octanol–water partition coefficient (Wildman–Crippen LogP) is 2.49. The molecule has 8 nitrogen and oxygen atoms in total. The topological polar surface area (TPSA) is 119 Å². The minimum absolute atomic E-state index is 0.0664. The van der Waals surface area contributed by atoms with Crippen LogP contribution >= 0.6 is 0 Å². The molecule has 0 aromatic heterocycles. The smallest absolute Gasteiger partial charge is 0.337 e. The third-order valence-electron chi connectivity index (χ3n) is 3.13. The number of rotatable bonds is 5. The Bertz CT molecular complexity index is 889. The predicted molar refractivity (Wildman–Crippen MR) is 90.4 cm³/mol. The Balaban J connectivity index is 2.44. The van der Waals surface area contributed by atoms with Crippen molar-refractivity contribution in [1.29, 1.82) is 0 Å². The molecule has 2 aromatic rings. The van der Waals surface area contributed by atoms with Crippen molar-refractivity contribution >= 4 is 29.5 Å². The molecule has 134 valence electrons. The summed E-state index contributed by atoms with van der Waals surface area (Å²) in [6.07, 6.45) is 0. The van der Waals surface area contributed by atoms with Crippen molar-refractivity contribution in [2.45, 2.75) is 13.8 Å². The van der Waals surface area contributed by atoms with Crippen molar-refractivity contribution in [3.05, 3.63) is 53.6 Å². The van der Waals surface area contributed by atoms with Gasteiger partial charge < -0.3 is 19.9 Å². The molecule has 0 saturated heterocycles. The molecule has 0 aliphatic heterocycles. The van der Waals surface area contributed by atoms with E-state index in [4.69, 9.17) is 9.47 Å². The van der Waals surface area contributed by atoms with E-state index >= 15 is 0 Å². The quantitative estimate of drug-likeness (QED) is 0.623. The highest BCUT2D eigenvalue weighted by Crippen LogP contribution is 2.32. The average Bonchev–Trinajstić information content (AvgIpc) is 2.55. The number of carbonyl (C=O) groups excluding carboxylic acids is 3. The zero-order valence-corrected chi connectivity index (χ0v) is 13.9. The Morgan fingerprint density at radius 1 is 0.846 bits per heavy atom. The molecular formula is C18H15NO7. The molecule has 0 atom stereocenters. The molecule has 0 radical (unpaired) electrons. The summed E-state index contributed by atoms with van der Waals surface area (Å²) >= 11 is 0. The van der Waals surface area contributed by atoms with Crippen LogP contribution in [0.4, 0.5) is 5.69 Å². The summed E-state index contributed by atoms with van der Waals surface area (Å²) in [4.78, 5) is 46.4. The van der Waals surface area contributed by atoms with Gasteiger partial charge in [-0.1, -0.05) is 18.2 Å². The number of ether oxygens (including phenoxy) is 2. The fraction of sp³-hybridized carbons (Fsp3) is 0.111. The van der Waals surface area contributed by atoms with Gasteiger partial charge in [-0.2, -0.15) is 0 Å². The number of nitrogens with one attached hydrogen (secondary N) is 1. The van der Waals surface area contributed by atoms with Crippen molar-refractivity contribution in [1.82, 2.24) is 0 Å². The number of anilines is 1. The number of hydrogen-bond donors (Lipinski definition) is 2. The van der Waals surface area contributed by atoms with Crippen LogP contribution in [-0.2, 0) is 9.59 Å². The summed E-state index contributed by atoms with van der Waals surface area (Å²) in [7, 11) is 0. The van der Waals surface area contributed by atoms with E-state index in [1.807, 2.05) is 0 Å². The summed E-state index contributed by atoms with van der Waals surface area (Å²) in [6.45, 7) is 2.29. The van der Waals surface area contributed by atoms with Gasteiger partial charge in [0.15, 0.2) is 11.5 Å². The highest BCUT2D eigenvalue weighted by Gasteiger charge is 2.21. The number of esters is 2. The minimum Gasteiger partial charge on any atom is -0.478 e. The van der Waals surface area contributed by atoms with Gasteiger partial charge in [-0.3, -0.25) is 14.4 Å². The highest BCUT2D eigenvalue weighted by atomic mass is 16.6. The Morgan fingerprint density at radius 3 is 2.08 bits per heavy atom. The second kappa shape index (κ2) is 7.93. The molecule has 0 bridgehead atoms. The van der Waals surface area contributed by atoms with Crippen molar-refractivity contribution in [2.75, 3.05) is 5.32 Å². The van der Waals surface area contributed by atoms with E-state index in [2.05, 4.69) is 5.32 Å². The lowest BCUT2D eigenvalue weighted by atomic mass is 10.1. The normalized spacial score (nSPS) is 9.92. The van der Waals surface area contributed by atoms with E-state index in [0.29, 0.717) is 0 Å². The molecule has 2 aromatic carbocycles. The van der Waals surface area contributed by atoms with Crippen LogP contribution in [0.25, 0.3) is 0 Å². The fourth-order valence-electron chi connectivity index (χ4n) is 2.15. The molecule has 0 spiro atoms. The molecule has 8 heteroatoms. The van der Waals surface area contributed by atoms with Gasteiger partial charge in [0.25, 0.3) is 5.91 Å². The molecule has 0 aliphatic rings. The molecule has 0 unspecified atom stereocenters. The Kier molecular flexibility index (Phi) is 5.69. The summed E-state index contributed by atoms with van der Waals surface area (Å²) in [6, 6.07) is 9.98. The third-order valence-corrected chi connectivity index (χ3v) is 3.13. The van der Waals surface area contributed by atoms with Crippen molar-refractivity contribution in [3.63, 3.8) is 0 Å². The number of benzene rings is 2. The molecular weight excluding hydrogens is 342 g/mol. The van der Waals surface area contributed by atoms with E-state index in [9.17, 15) is 24.3 Å². The van der Waals surface area contributed by atoms with Crippen LogP contribution in [0.2, 0.25) is 0 Å². The molecule has 0 heterocycles. The van der Waals surface area contributed by atoms with Gasteiger partial charge >= 0.3 is 17.9 Å². The second-order valence-electron chi connectivity index (χ2n) is 5.12. The van der Waals surface area contributed by atoms with Crippen LogP contribution < -0.4 is 14.8 Å². The summed E-state index contributed by atoms with van der Waals surface area (Å²) in [5.41, 5.74) is -0.137. The third kappa shape index (κ3) is 4.44. The van der Waals surface area contributed by atoms with Gasteiger partial charge in [0, 0.05) is 13.8 Å². The van der Waals surface area contributed by atoms with Crippen LogP contribution in [0.5, 0.6) is 11.5 Å². The van der Waals surface area contributed by atoms with Gasteiger partial charge in [0.2, 0.25) is 0 Å². The van der Waals surface area contributed by atoms with E-state index in [1.165, 1.54) is 36.4 Å². The first-order valence-electron chi connectivity index (χ1n) is 7.43. The van der Waals surface area contributed by atoms with Crippen molar-refractivity contribution < 1.29 is 33.8 Å². The Labute approximate surface area is 148 Å². The fourth-order valence-corrected chi connectivity index (χ4v) is 2.15. The molecule has 26 heavy (non-hydrogen) atoms. The minimum atomic E-state index is -1.21. The Hall–Kier alpha value is -3.68. The van der Waals surface area contributed by atoms with Crippen LogP contribution in [0, 0.1) is 0 Å². The second-order valence-corrected chi connectivity index (χ2v) is 5.12. The van der Waals surface area contributed by atoms with Crippen LogP contribution in [-0.4, -0.2) is 28.9 Å². The SMILES string of the molecule is CC(=O)Oc1cccc(C(=O)Nc2ccccc2C(=O)O)c1OC(C)=O. The van der Waals surface area contributed by atoms with Crippen molar-refractivity contribution in [3.8, 4) is 11.5 Å². The largest absolute Gasteiger partial charge is 0.478 e. The maximum atomic E-state index is 12.6. The lowest BCUT2D eigenvalue weighted by molar-refractivity contribution is -0.134. The molecule has 0 aliphatic carbocycles. The Morgan fingerprint density at radius 2 is 1.46 bits per heavy atom. The highest BCUT2D eigenvalue weighted by molar-refractivity contribution is 6.09. The van der Waals surface area contributed by atoms with Gasteiger partial charge in [-0.25, -0.2) is 4.79 Å². The first kappa shape index (κ1) is 18.7.